The minimum atomic E-state index is -0.570. The molecule has 0 aromatic heterocycles. The zero-order chi connectivity index (χ0) is 12.3. The smallest absolute Gasteiger partial charge is 0.242 e. The molecule has 2 N–H and O–H groups in total. The summed E-state index contributed by atoms with van der Waals surface area (Å²) in [6.45, 7) is 2.50. The number of carbonyl (C=O) groups is 1. The minimum Gasteiger partial charge on any atom is -0.381 e. The second kappa shape index (κ2) is 5.36. The zero-order valence-corrected chi connectivity index (χ0v) is 10.8. The summed E-state index contributed by atoms with van der Waals surface area (Å²) in [7, 11) is 1.89. The van der Waals surface area contributed by atoms with Crippen LogP contribution in [0.4, 0.5) is 0 Å². The summed E-state index contributed by atoms with van der Waals surface area (Å²) in [5.74, 6) is 0.726. The Morgan fingerprint density at radius 1 is 1.35 bits per heavy atom. The van der Waals surface area contributed by atoms with Crippen LogP contribution in [-0.2, 0) is 9.53 Å². The first-order valence-corrected chi connectivity index (χ1v) is 6.74. The Morgan fingerprint density at radius 2 is 1.94 bits per heavy atom. The van der Waals surface area contributed by atoms with Gasteiger partial charge in [-0.3, -0.25) is 4.79 Å². The SMILES string of the molecule is CN(CC1CCOCC1)C(=O)C1(N)CCCC1. The average molecular weight is 240 g/mol. The summed E-state index contributed by atoms with van der Waals surface area (Å²) in [6, 6.07) is 0. The average Bonchev–Trinajstić information content (AvgIpc) is 2.78. The molecule has 0 atom stereocenters. The maximum atomic E-state index is 12.3. The monoisotopic (exact) mass is 240 g/mol. The number of carbonyl (C=O) groups excluding carboxylic acids is 1. The highest BCUT2D eigenvalue weighted by molar-refractivity contribution is 5.86. The van der Waals surface area contributed by atoms with Crippen LogP contribution in [0.1, 0.15) is 38.5 Å². The lowest BCUT2D eigenvalue weighted by Crippen LogP contribution is -2.53. The number of amides is 1. The fraction of sp³-hybridized carbons (Fsp3) is 0.923. The molecule has 2 aliphatic rings. The standard InChI is InChI=1S/C13H24N2O2/c1-15(10-11-4-8-17-9-5-11)12(16)13(14)6-2-3-7-13/h11H,2-10,14H2,1H3. The van der Waals surface area contributed by atoms with Gasteiger partial charge < -0.3 is 15.4 Å². The van der Waals surface area contributed by atoms with Gasteiger partial charge in [-0.2, -0.15) is 0 Å². The van der Waals surface area contributed by atoms with E-state index in [0.29, 0.717) is 5.92 Å². The van der Waals surface area contributed by atoms with Crippen LogP contribution in [0.25, 0.3) is 0 Å². The van der Waals surface area contributed by atoms with Crippen LogP contribution in [0.2, 0.25) is 0 Å². The van der Waals surface area contributed by atoms with E-state index in [-0.39, 0.29) is 5.91 Å². The molecule has 1 aliphatic carbocycles. The maximum absolute atomic E-state index is 12.3. The van der Waals surface area contributed by atoms with Crippen LogP contribution in [0.15, 0.2) is 0 Å². The third kappa shape index (κ3) is 2.99. The van der Waals surface area contributed by atoms with Crippen molar-refractivity contribution in [2.45, 2.75) is 44.1 Å². The van der Waals surface area contributed by atoms with E-state index in [0.717, 1.165) is 58.3 Å². The van der Waals surface area contributed by atoms with Crippen LogP contribution in [0, 0.1) is 5.92 Å². The Balaban J connectivity index is 1.85. The van der Waals surface area contributed by atoms with Gasteiger partial charge in [0.1, 0.15) is 0 Å². The second-order valence-corrected chi connectivity index (χ2v) is 5.60. The van der Waals surface area contributed by atoms with Gasteiger partial charge in [0.15, 0.2) is 0 Å². The van der Waals surface area contributed by atoms with Crippen molar-refractivity contribution in [3.63, 3.8) is 0 Å². The van der Waals surface area contributed by atoms with Crippen molar-refractivity contribution >= 4 is 5.91 Å². The van der Waals surface area contributed by atoms with Gasteiger partial charge in [0, 0.05) is 26.8 Å². The number of hydrogen-bond acceptors (Lipinski definition) is 3. The molecule has 17 heavy (non-hydrogen) atoms. The van der Waals surface area contributed by atoms with Crippen LogP contribution >= 0.6 is 0 Å². The number of nitrogens with zero attached hydrogens (tertiary/aromatic N) is 1. The fourth-order valence-corrected chi connectivity index (χ4v) is 3.00. The van der Waals surface area contributed by atoms with Gasteiger partial charge in [0.25, 0.3) is 0 Å². The van der Waals surface area contributed by atoms with Gasteiger partial charge in [-0.25, -0.2) is 0 Å². The first-order valence-electron chi connectivity index (χ1n) is 6.74. The molecule has 0 aromatic carbocycles. The van der Waals surface area contributed by atoms with E-state index in [1.165, 1.54) is 0 Å². The van der Waals surface area contributed by atoms with E-state index in [9.17, 15) is 4.79 Å². The van der Waals surface area contributed by atoms with E-state index in [1.807, 2.05) is 11.9 Å². The second-order valence-electron chi connectivity index (χ2n) is 5.60. The number of likely N-dealkylation sites (N-methyl/N-ethyl adjacent to an activating group) is 1. The highest BCUT2D eigenvalue weighted by Gasteiger charge is 2.39. The van der Waals surface area contributed by atoms with Gasteiger partial charge in [-0.15, -0.1) is 0 Å². The summed E-state index contributed by atoms with van der Waals surface area (Å²) >= 11 is 0. The van der Waals surface area contributed by atoms with Crippen molar-refractivity contribution in [1.82, 2.24) is 4.90 Å². The largest absolute Gasteiger partial charge is 0.381 e. The highest BCUT2D eigenvalue weighted by atomic mass is 16.5. The van der Waals surface area contributed by atoms with Gasteiger partial charge in [0.2, 0.25) is 5.91 Å². The maximum Gasteiger partial charge on any atom is 0.242 e. The van der Waals surface area contributed by atoms with E-state index >= 15 is 0 Å². The molecule has 4 heteroatoms. The van der Waals surface area contributed by atoms with Gasteiger partial charge in [-0.1, -0.05) is 12.8 Å². The van der Waals surface area contributed by atoms with E-state index in [1.54, 1.807) is 0 Å². The first kappa shape index (κ1) is 12.8. The Hall–Kier alpha value is -0.610. The van der Waals surface area contributed by atoms with Crippen molar-refractivity contribution in [3.05, 3.63) is 0 Å². The molecule has 1 aliphatic heterocycles. The number of hydrogen-bond donors (Lipinski definition) is 1. The van der Waals surface area contributed by atoms with Crippen molar-refractivity contribution in [1.29, 1.82) is 0 Å². The lowest BCUT2D eigenvalue weighted by atomic mass is 9.95. The third-order valence-electron chi connectivity index (χ3n) is 4.14. The zero-order valence-electron chi connectivity index (χ0n) is 10.8. The minimum absolute atomic E-state index is 0.140. The van der Waals surface area contributed by atoms with Crippen LogP contribution in [0.5, 0.6) is 0 Å². The summed E-state index contributed by atoms with van der Waals surface area (Å²) < 4.78 is 5.33. The Kier molecular flexibility index (Phi) is 4.05. The predicted molar refractivity (Wildman–Crippen MR) is 66.6 cm³/mol. The predicted octanol–water partition coefficient (Wildman–Crippen LogP) is 1.14. The summed E-state index contributed by atoms with van der Waals surface area (Å²) in [5, 5.41) is 0. The molecule has 0 aromatic rings. The highest BCUT2D eigenvalue weighted by Crippen LogP contribution is 2.29. The van der Waals surface area contributed by atoms with Crippen LogP contribution in [-0.4, -0.2) is 43.2 Å². The molecular weight excluding hydrogens is 216 g/mol. The summed E-state index contributed by atoms with van der Waals surface area (Å²) in [5.41, 5.74) is 5.62. The van der Waals surface area contributed by atoms with Gasteiger partial charge in [0.05, 0.1) is 5.54 Å². The summed E-state index contributed by atoms with van der Waals surface area (Å²) in [6.07, 6.45) is 6.01. The molecular formula is C13H24N2O2. The normalized spacial score (nSPS) is 24.8. The topological polar surface area (TPSA) is 55.6 Å². The molecule has 1 saturated heterocycles. The lowest BCUT2D eigenvalue weighted by Gasteiger charge is -2.32. The van der Waals surface area contributed by atoms with Crippen molar-refractivity contribution in [3.8, 4) is 0 Å². The number of rotatable bonds is 3. The van der Waals surface area contributed by atoms with Crippen LogP contribution < -0.4 is 5.73 Å². The summed E-state index contributed by atoms with van der Waals surface area (Å²) in [4.78, 5) is 14.2. The Morgan fingerprint density at radius 3 is 2.53 bits per heavy atom. The lowest BCUT2D eigenvalue weighted by molar-refractivity contribution is -0.136. The van der Waals surface area contributed by atoms with E-state index < -0.39 is 5.54 Å². The Bertz CT molecular complexity index is 269. The molecule has 0 radical (unpaired) electrons. The number of nitrogens with two attached hydrogens (primary N) is 1. The van der Waals surface area contributed by atoms with Crippen molar-refractivity contribution in [2.75, 3.05) is 26.8 Å². The number of ether oxygens (including phenoxy) is 1. The van der Waals surface area contributed by atoms with Crippen molar-refractivity contribution in [2.24, 2.45) is 11.7 Å². The molecule has 98 valence electrons. The Labute approximate surface area is 103 Å². The van der Waals surface area contributed by atoms with Crippen LogP contribution in [0.3, 0.4) is 0 Å². The van der Waals surface area contributed by atoms with E-state index in [4.69, 9.17) is 10.5 Å². The van der Waals surface area contributed by atoms with Gasteiger partial charge >= 0.3 is 0 Å². The van der Waals surface area contributed by atoms with Gasteiger partial charge in [-0.05, 0) is 31.6 Å². The molecule has 0 unspecified atom stereocenters. The molecule has 2 fully saturated rings. The third-order valence-corrected chi connectivity index (χ3v) is 4.14. The quantitative estimate of drug-likeness (QED) is 0.805. The fourth-order valence-electron chi connectivity index (χ4n) is 3.00. The molecule has 0 spiro atoms. The molecule has 1 heterocycles. The molecule has 4 nitrogen and oxygen atoms in total. The molecule has 0 bridgehead atoms. The first-order chi connectivity index (χ1) is 8.12. The molecule has 1 saturated carbocycles. The molecule has 1 amide bonds. The molecule has 2 rings (SSSR count). The van der Waals surface area contributed by atoms with E-state index in [2.05, 4.69) is 0 Å². The van der Waals surface area contributed by atoms with Crippen molar-refractivity contribution < 1.29 is 9.53 Å².